The van der Waals surface area contributed by atoms with Crippen LogP contribution in [-0.2, 0) is 4.74 Å². The number of hydrogen-bond donors (Lipinski definition) is 0. The van der Waals surface area contributed by atoms with Crippen LogP contribution in [0.4, 0.5) is 0 Å². The Kier molecular flexibility index (Phi) is 10.9. The van der Waals surface area contributed by atoms with Crippen LogP contribution in [-0.4, -0.2) is 12.7 Å². The van der Waals surface area contributed by atoms with Crippen LogP contribution in [0, 0.1) is 17.8 Å². The number of allylic oxidation sites excluding steroid dienone is 1. The molecular weight excluding hydrogens is 304 g/mol. The molecule has 146 valence electrons. The van der Waals surface area contributed by atoms with Gasteiger partial charge in [-0.3, -0.25) is 0 Å². The maximum Gasteiger partial charge on any atom is 0.0651 e. The van der Waals surface area contributed by atoms with Crippen molar-refractivity contribution in [2.45, 2.75) is 116 Å². The predicted octanol–water partition coefficient (Wildman–Crippen LogP) is 7.69. The van der Waals surface area contributed by atoms with Crippen LogP contribution in [0.2, 0.25) is 0 Å². The lowest BCUT2D eigenvalue weighted by atomic mass is 9.79. The average molecular weight is 349 g/mol. The number of unbranched alkanes of at least 4 members (excludes halogenated alkanes) is 3. The number of ether oxygens (including phenoxy) is 1. The summed E-state index contributed by atoms with van der Waals surface area (Å²) >= 11 is 0. The summed E-state index contributed by atoms with van der Waals surface area (Å²) in [6.45, 7) is 5.46. The van der Waals surface area contributed by atoms with Crippen molar-refractivity contribution in [3.05, 3.63) is 12.2 Å². The first-order chi connectivity index (χ1) is 12.3. The molecule has 2 fully saturated rings. The van der Waals surface area contributed by atoms with Gasteiger partial charge < -0.3 is 4.74 Å². The van der Waals surface area contributed by atoms with E-state index in [1.165, 1.54) is 96.3 Å². The molecule has 0 bridgehead atoms. The van der Waals surface area contributed by atoms with Gasteiger partial charge in [-0.2, -0.15) is 0 Å². The molecule has 0 spiro atoms. The Morgan fingerprint density at radius 1 is 0.720 bits per heavy atom. The van der Waals surface area contributed by atoms with E-state index in [4.69, 9.17) is 4.74 Å². The minimum atomic E-state index is 0.539. The topological polar surface area (TPSA) is 9.23 Å². The zero-order valence-corrected chi connectivity index (χ0v) is 17.2. The first-order valence-electron chi connectivity index (χ1n) is 11.6. The van der Waals surface area contributed by atoms with E-state index in [1.807, 2.05) is 0 Å². The van der Waals surface area contributed by atoms with Gasteiger partial charge in [-0.05, 0) is 69.1 Å². The van der Waals surface area contributed by atoms with E-state index in [-0.39, 0.29) is 0 Å². The molecule has 1 nitrogen and oxygen atoms in total. The third-order valence-corrected chi connectivity index (χ3v) is 6.68. The fourth-order valence-electron chi connectivity index (χ4n) is 4.96. The first kappa shape index (κ1) is 21.0. The van der Waals surface area contributed by atoms with Crippen molar-refractivity contribution in [3.8, 4) is 0 Å². The molecule has 0 radical (unpaired) electrons. The van der Waals surface area contributed by atoms with Crippen LogP contribution in [0.3, 0.4) is 0 Å². The zero-order valence-electron chi connectivity index (χ0n) is 17.2. The third kappa shape index (κ3) is 8.76. The van der Waals surface area contributed by atoms with E-state index < -0.39 is 0 Å². The Bertz CT molecular complexity index is 332. The molecule has 0 saturated heterocycles. The molecule has 0 heterocycles. The molecule has 2 aliphatic carbocycles. The number of rotatable bonds is 11. The van der Waals surface area contributed by atoms with Gasteiger partial charge in [0, 0.05) is 0 Å². The van der Waals surface area contributed by atoms with Crippen LogP contribution in [0.1, 0.15) is 110 Å². The molecule has 2 rings (SSSR count). The minimum Gasteiger partial charge on any atom is -0.374 e. The van der Waals surface area contributed by atoms with Crippen molar-refractivity contribution in [2.24, 2.45) is 17.8 Å². The summed E-state index contributed by atoms with van der Waals surface area (Å²) < 4.78 is 6.11. The van der Waals surface area contributed by atoms with Crippen molar-refractivity contribution in [3.63, 3.8) is 0 Å². The normalized spacial score (nSPS) is 30.8. The van der Waals surface area contributed by atoms with Crippen LogP contribution in [0.15, 0.2) is 12.2 Å². The van der Waals surface area contributed by atoms with Crippen LogP contribution in [0.25, 0.3) is 0 Å². The molecule has 25 heavy (non-hydrogen) atoms. The Morgan fingerprint density at radius 3 is 2.08 bits per heavy atom. The Balaban J connectivity index is 1.49. The summed E-state index contributed by atoms with van der Waals surface area (Å²) in [5, 5.41) is 0. The van der Waals surface area contributed by atoms with Crippen molar-refractivity contribution < 1.29 is 4.74 Å². The minimum absolute atomic E-state index is 0.539. The smallest absolute Gasteiger partial charge is 0.0651 e. The quantitative estimate of drug-likeness (QED) is 0.274. The molecule has 0 aromatic carbocycles. The van der Waals surface area contributed by atoms with E-state index in [9.17, 15) is 0 Å². The highest BCUT2D eigenvalue weighted by Crippen LogP contribution is 2.33. The molecule has 0 amide bonds. The molecule has 0 aromatic heterocycles. The summed E-state index contributed by atoms with van der Waals surface area (Å²) in [5.41, 5.74) is 0. The van der Waals surface area contributed by atoms with Crippen LogP contribution < -0.4 is 0 Å². The molecule has 0 atom stereocenters. The Morgan fingerprint density at radius 2 is 1.40 bits per heavy atom. The van der Waals surface area contributed by atoms with Crippen molar-refractivity contribution in [1.29, 1.82) is 0 Å². The molecule has 1 heteroatoms. The summed E-state index contributed by atoms with van der Waals surface area (Å²) in [4.78, 5) is 0. The van der Waals surface area contributed by atoms with Gasteiger partial charge in [0.05, 0.1) is 12.7 Å². The van der Waals surface area contributed by atoms with Gasteiger partial charge in [-0.25, -0.2) is 0 Å². The fraction of sp³-hybridized carbons (Fsp3) is 0.917. The predicted molar refractivity (Wildman–Crippen MR) is 110 cm³/mol. The average Bonchev–Trinajstić information content (AvgIpc) is 2.65. The van der Waals surface area contributed by atoms with Crippen molar-refractivity contribution in [1.82, 2.24) is 0 Å². The van der Waals surface area contributed by atoms with Gasteiger partial charge in [0.25, 0.3) is 0 Å². The van der Waals surface area contributed by atoms with Gasteiger partial charge >= 0.3 is 0 Å². The van der Waals surface area contributed by atoms with E-state index in [1.54, 1.807) is 0 Å². The summed E-state index contributed by atoms with van der Waals surface area (Å²) in [6.07, 6.45) is 26.4. The van der Waals surface area contributed by atoms with Crippen LogP contribution >= 0.6 is 0 Å². The Labute approximate surface area is 158 Å². The summed E-state index contributed by atoms with van der Waals surface area (Å²) in [6, 6.07) is 0. The molecule has 0 N–H and O–H groups in total. The fourth-order valence-corrected chi connectivity index (χ4v) is 4.96. The van der Waals surface area contributed by atoms with Crippen LogP contribution in [0.5, 0.6) is 0 Å². The third-order valence-electron chi connectivity index (χ3n) is 6.68. The first-order valence-corrected chi connectivity index (χ1v) is 11.6. The van der Waals surface area contributed by atoms with Gasteiger partial charge in [0.15, 0.2) is 0 Å². The second-order valence-corrected chi connectivity index (χ2v) is 8.82. The van der Waals surface area contributed by atoms with E-state index in [2.05, 4.69) is 26.0 Å². The molecule has 0 unspecified atom stereocenters. The highest BCUT2D eigenvalue weighted by molar-refractivity contribution is 4.91. The van der Waals surface area contributed by atoms with Gasteiger partial charge in [0.2, 0.25) is 0 Å². The Hall–Kier alpha value is -0.300. The second-order valence-electron chi connectivity index (χ2n) is 8.82. The van der Waals surface area contributed by atoms with Crippen molar-refractivity contribution >= 4 is 0 Å². The van der Waals surface area contributed by atoms with Gasteiger partial charge in [-0.1, -0.05) is 70.9 Å². The molecule has 0 aliphatic heterocycles. The lowest BCUT2D eigenvalue weighted by Crippen LogP contribution is -2.21. The molecular formula is C24H44O. The number of hydrogen-bond acceptors (Lipinski definition) is 1. The largest absolute Gasteiger partial charge is 0.374 e. The monoisotopic (exact) mass is 348 g/mol. The van der Waals surface area contributed by atoms with Gasteiger partial charge in [-0.15, -0.1) is 0 Å². The molecule has 0 aromatic rings. The highest BCUT2D eigenvalue weighted by Gasteiger charge is 2.21. The zero-order chi connectivity index (χ0) is 17.7. The summed E-state index contributed by atoms with van der Waals surface area (Å²) in [7, 11) is 0. The molecule has 2 saturated carbocycles. The second kappa shape index (κ2) is 13.0. The van der Waals surface area contributed by atoms with E-state index >= 15 is 0 Å². The van der Waals surface area contributed by atoms with E-state index in [0.717, 1.165) is 24.4 Å². The lowest BCUT2D eigenvalue weighted by Gasteiger charge is -2.28. The SMILES string of the molecule is CCCCCC[C@H]1CC[C@H](/C=C/CO[C@H]2CC[C@H](CCC)CC2)CC1. The van der Waals surface area contributed by atoms with Gasteiger partial charge in [0.1, 0.15) is 0 Å². The maximum atomic E-state index is 6.11. The van der Waals surface area contributed by atoms with Crippen molar-refractivity contribution in [2.75, 3.05) is 6.61 Å². The highest BCUT2D eigenvalue weighted by atomic mass is 16.5. The lowest BCUT2D eigenvalue weighted by molar-refractivity contribution is 0.0333. The summed E-state index contributed by atoms with van der Waals surface area (Å²) in [5.74, 6) is 2.84. The standard InChI is InChI=1S/C24H44O/c1-3-5-6-7-10-22-12-14-23(15-13-22)11-8-20-25-24-18-16-21(9-4-2)17-19-24/h8,11,21-24H,3-7,9-10,12-20H2,1-2H3/b11-8+/t21-,22-,23-,24-. The maximum absolute atomic E-state index is 6.11. The molecule has 2 aliphatic rings. The van der Waals surface area contributed by atoms with E-state index in [0.29, 0.717) is 6.10 Å².